The highest BCUT2D eigenvalue weighted by Crippen LogP contribution is 2.58. The molecule has 9 aromatic rings. The molecular formula is C59H46. The zero-order valence-corrected chi connectivity index (χ0v) is 34.1. The smallest absolute Gasteiger partial charge is 0.0352 e. The van der Waals surface area contributed by atoms with Gasteiger partial charge in [-0.1, -0.05) is 222 Å². The number of rotatable bonds is 6. The number of hydrogen-bond acceptors (Lipinski definition) is 0. The maximum absolute atomic E-state index is 2.44. The molecule has 1 unspecified atom stereocenters. The van der Waals surface area contributed by atoms with Gasteiger partial charge in [-0.2, -0.15) is 0 Å². The second kappa shape index (κ2) is 13.4. The molecule has 0 radical (unpaired) electrons. The van der Waals surface area contributed by atoms with Crippen LogP contribution in [0.3, 0.4) is 0 Å². The summed E-state index contributed by atoms with van der Waals surface area (Å²) in [5.74, 6) is -0.0437. The summed E-state index contributed by atoms with van der Waals surface area (Å²) in [6, 6.07) is 75.1. The van der Waals surface area contributed by atoms with E-state index in [0.29, 0.717) is 0 Å². The molecule has 0 amide bonds. The summed E-state index contributed by atoms with van der Waals surface area (Å²) in [5.41, 5.74) is 22.3. The predicted molar refractivity (Wildman–Crippen MR) is 249 cm³/mol. The summed E-state index contributed by atoms with van der Waals surface area (Å²) in [4.78, 5) is 0. The molecule has 2 aliphatic rings. The molecule has 0 saturated carbocycles. The average Bonchev–Trinajstić information content (AvgIpc) is 3.67. The van der Waals surface area contributed by atoms with E-state index >= 15 is 0 Å². The summed E-state index contributed by atoms with van der Waals surface area (Å²) in [5, 5.41) is 2.64. The Morgan fingerprint density at radius 2 is 0.780 bits per heavy atom. The topological polar surface area (TPSA) is 0 Å². The molecule has 59 heavy (non-hydrogen) atoms. The lowest BCUT2D eigenvalue weighted by Crippen LogP contribution is -2.17. The van der Waals surface area contributed by atoms with Crippen LogP contribution in [0, 0.1) is 0 Å². The summed E-state index contributed by atoms with van der Waals surface area (Å²) in [7, 11) is 0. The van der Waals surface area contributed by atoms with E-state index in [0.717, 1.165) is 0 Å². The molecule has 282 valence electrons. The minimum atomic E-state index is -0.178. The molecule has 0 bridgehead atoms. The quantitative estimate of drug-likeness (QED) is 0.148. The average molecular weight is 755 g/mol. The van der Waals surface area contributed by atoms with Gasteiger partial charge in [-0.05, 0) is 111 Å². The Morgan fingerprint density at radius 3 is 1.42 bits per heavy atom. The van der Waals surface area contributed by atoms with Crippen LogP contribution in [0.25, 0.3) is 66.4 Å². The van der Waals surface area contributed by atoms with Gasteiger partial charge in [-0.25, -0.2) is 0 Å². The molecule has 0 nitrogen and oxygen atoms in total. The molecule has 0 aliphatic heterocycles. The Balaban J connectivity index is 1.16. The molecule has 9 aromatic carbocycles. The molecular weight excluding hydrogens is 709 g/mol. The van der Waals surface area contributed by atoms with Crippen molar-refractivity contribution in [1.29, 1.82) is 0 Å². The van der Waals surface area contributed by atoms with Gasteiger partial charge in [0.1, 0.15) is 0 Å². The number of hydrogen-bond donors (Lipinski definition) is 0. The van der Waals surface area contributed by atoms with E-state index in [1.807, 2.05) is 0 Å². The third kappa shape index (κ3) is 5.43. The Bertz CT molecular complexity index is 3050. The Labute approximate surface area is 348 Å². The van der Waals surface area contributed by atoms with Crippen LogP contribution in [0.15, 0.2) is 200 Å². The zero-order chi connectivity index (χ0) is 39.9. The van der Waals surface area contributed by atoms with E-state index < -0.39 is 0 Å². The van der Waals surface area contributed by atoms with Crippen molar-refractivity contribution in [3.05, 3.63) is 239 Å². The van der Waals surface area contributed by atoms with Gasteiger partial charge in [0.2, 0.25) is 0 Å². The maximum atomic E-state index is 2.44. The van der Waals surface area contributed by atoms with Crippen molar-refractivity contribution in [1.82, 2.24) is 0 Å². The van der Waals surface area contributed by atoms with Gasteiger partial charge in [0.05, 0.1) is 0 Å². The van der Waals surface area contributed by atoms with E-state index in [-0.39, 0.29) is 16.7 Å². The van der Waals surface area contributed by atoms with Crippen molar-refractivity contribution < 1.29 is 0 Å². The van der Waals surface area contributed by atoms with Crippen molar-refractivity contribution >= 4 is 10.8 Å². The SMILES string of the molecule is CC1(C)c2ccccc2-c2ccc(-c3ccc(C(c4ccc(-c5ccccc5)cc4)c4c5c(c6ccccc6c4-c4ccccc4)C(C)(C)c4ccccc4-5)cc3)cc21. The lowest BCUT2D eigenvalue weighted by atomic mass is 9.73. The second-order valence-corrected chi connectivity index (χ2v) is 17.6. The summed E-state index contributed by atoms with van der Waals surface area (Å²) < 4.78 is 0. The fourth-order valence-electron chi connectivity index (χ4n) is 10.7. The third-order valence-electron chi connectivity index (χ3n) is 13.6. The highest BCUT2D eigenvalue weighted by atomic mass is 14.4. The van der Waals surface area contributed by atoms with Crippen LogP contribution in [0.1, 0.15) is 72.6 Å². The molecule has 11 rings (SSSR count). The van der Waals surface area contributed by atoms with Gasteiger partial charge in [0.15, 0.2) is 0 Å². The van der Waals surface area contributed by atoms with Crippen molar-refractivity contribution in [3.63, 3.8) is 0 Å². The van der Waals surface area contributed by atoms with Gasteiger partial charge in [-0.15, -0.1) is 0 Å². The number of benzene rings is 9. The van der Waals surface area contributed by atoms with Crippen LogP contribution in [-0.2, 0) is 10.8 Å². The summed E-state index contributed by atoms with van der Waals surface area (Å²) in [6.45, 7) is 9.57. The highest BCUT2D eigenvalue weighted by Gasteiger charge is 2.41. The van der Waals surface area contributed by atoms with Crippen LogP contribution >= 0.6 is 0 Å². The van der Waals surface area contributed by atoms with Crippen LogP contribution in [0.5, 0.6) is 0 Å². The molecule has 0 spiro atoms. The first-order chi connectivity index (χ1) is 28.8. The fraction of sp³-hybridized carbons (Fsp3) is 0.119. The van der Waals surface area contributed by atoms with Crippen LogP contribution in [0.4, 0.5) is 0 Å². The Hall–Kier alpha value is -6.76. The van der Waals surface area contributed by atoms with E-state index in [9.17, 15) is 0 Å². The van der Waals surface area contributed by atoms with Crippen LogP contribution in [-0.4, -0.2) is 0 Å². The van der Waals surface area contributed by atoms with Gasteiger partial charge in [-0.3, -0.25) is 0 Å². The highest BCUT2D eigenvalue weighted by molar-refractivity contribution is 6.09. The van der Waals surface area contributed by atoms with Gasteiger partial charge in [0.25, 0.3) is 0 Å². The van der Waals surface area contributed by atoms with E-state index in [4.69, 9.17) is 0 Å². The van der Waals surface area contributed by atoms with Crippen molar-refractivity contribution in [3.8, 4) is 55.6 Å². The molecule has 0 aromatic heterocycles. The van der Waals surface area contributed by atoms with Crippen molar-refractivity contribution in [2.75, 3.05) is 0 Å². The molecule has 1 atom stereocenters. The monoisotopic (exact) mass is 754 g/mol. The molecule has 0 heteroatoms. The van der Waals surface area contributed by atoms with E-state index in [2.05, 4.69) is 228 Å². The third-order valence-corrected chi connectivity index (χ3v) is 13.6. The summed E-state index contributed by atoms with van der Waals surface area (Å²) >= 11 is 0. The van der Waals surface area contributed by atoms with E-state index in [1.165, 1.54) is 105 Å². The predicted octanol–water partition coefficient (Wildman–Crippen LogP) is 15.6. The first-order valence-electron chi connectivity index (χ1n) is 21.1. The van der Waals surface area contributed by atoms with Crippen LogP contribution < -0.4 is 0 Å². The molecule has 2 aliphatic carbocycles. The van der Waals surface area contributed by atoms with Gasteiger partial charge in [0, 0.05) is 16.7 Å². The molecule has 0 fully saturated rings. The minimum absolute atomic E-state index is 0.0437. The molecule has 0 N–H and O–H groups in total. The second-order valence-electron chi connectivity index (χ2n) is 17.6. The maximum Gasteiger partial charge on any atom is 0.0352 e. The first-order valence-corrected chi connectivity index (χ1v) is 21.1. The molecule has 0 heterocycles. The first kappa shape index (κ1) is 35.4. The Kier molecular flexibility index (Phi) is 8.04. The zero-order valence-electron chi connectivity index (χ0n) is 34.1. The lowest BCUT2D eigenvalue weighted by molar-refractivity contribution is 0.660. The van der Waals surface area contributed by atoms with Crippen molar-refractivity contribution in [2.45, 2.75) is 44.4 Å². The largest absolute Gasteiger partial charge is 0.0622 e. The van der Waals surface area contributed by atoms with E-state index in [1.54, 1.807) is 0 Å². The molecule has 0 saturated heterocycles. The van der Waals surface area contributed by atoms with Gasteiger partial charge >= 0.3 is 0 Å². The van der Waals surface area contributed by atoms with Gasteiger partial charge < -0.3 is 0 Å². The minimum Gasteiger partial charge on any atom is -0.0622 e. The fourth-order valence-corrected chi connectivity index (χ4v) is 10.7. The van der Waals surface area contributed by atoms with Crippen molar-refractivity contribution in [2.24, 2.45) is 0 Å². The standard InChI is InChI=1S/C59H46/c1-58(2)50-25-15-13-21-45(50)46-36-35-44(37-52(46)58)40-29-33-43(34-30-40)53(42-31-27-39(28-32-42)38-17-7-5-8-18-38)56-54(41-19-9-6-10-20-41)47-22-11-12-23-48(47)57-55(56)49-24-14-16-26-51(49)59(57,3)4/h5-37,53H,1-4H3. The van der Waals surface area contributed by atoms with Crippen LogP contribution in [0.2, 0.25) is 0 Å². The lowest BCUT2D eigenvalue weighted by Gasteiger charge is -2.30. The normalized spacial score (nSPS) is 14.6. The Morgan fingerprint density at radius 1 is 0.322 bits per heavy atom. The summed E-state index contributed by atoms with van der Waals surface area (Å²) in [6.07, 6.45) is 0. The number of fused-ring (bicyclic) bond motifs is 8.